The average molecular weight is 377 g/mol. The number of rotatable bonds is 4. The Morgan fingerprint density at radius 1 is 1.22 bits per heavy atom. The van der Waals surface area contributed by atoms with Crippen LogP contribution in [0.1, 0.15) is 58.4 Å². The summed E-state index contributed by atoms with van der Waals surface area (Å²) >= 11 is 0. The standard InChI is InChI=1S/C21H31NO5/c1-6-21(18(23)24)12-14-22(19(25)27-20(2,3)4)13-11-17(21)15-7-9-16(26-5)10-8-15/h7-10,17H,6,11-14H2,1-5H3,(H,23,24). The second-order valence-electron chi connectivity index (χ2n) is 8.15. The minimum atomic E-state index is -0.911. The molecule has 6 nitrogen and oxygen atoms in total. The van der Waals surface area contributed by atoms with Crippen molar-refractivity contribution in [3.63, 3.8) is 0 Å². The monoisotopic (exact) mass is 377 g/mol. The van der Waals surface area contributed by atoms with Gasteiger partial charge in [0.05, 0.1) is 12.5 Å². The average Bonchev–Trinajstić information content (AvgIpc) is 2.81. The maximum Gasteiger partial charge on any atom is 0.410 e. The summed E-state index contributed by atoms with van der Waals surface area (Å²) in [5, 5.41) is 10.1. The second kappa shape index (κ2) is 8.19. The molecular weight excluding hydrogens is 346 g/mol. The molecule has 2 rings (SSSR count). The molecule has 1 aromatic rings. The lowest BCUT2D eigenvalue weighted by atomic mass is 9.67. The number of carboxylic acid groups (broad SMARTS) is 1. The van der Waals surface area contributed by atoms with Gasteiger partial charge in [-0.1, -0.05) is 19.1 Å². The molecule has 1 saturated heterocycles. The molecule has 2 atom stereocenters. The van der Waals surface area contributed by atoms with Gasteiger partial charge in [0.15, 0.2) is 0 Å². The van der Waals surface area contributed by atoms with Crippen LogP contribution in [0.3, 0.4) is 0 Å². The molecule has 6 heteroatoms. The van der Waals surface area contributed by atoms with Gasteiger partial charge < -0.3 is 19.5 Å². The van der Waals surface area contributed by atoms with Gasteiger partial charge in [-0.15, -0.1) is 0 Å². The lowest BCUT2D eigenvalue weighted by Crippen LogP contribution is -2.39. The van der Waals surface area contributed by atoms with Gasteiger partial charge in [0.25, 0.3) is 0 Å². The van der Waals surface area contributed by atoms with Gasteiger partial charge in [0.1, 0.15) is 11.4 Å². The number of hydrogen-bond donors (Lipinski definition) is 1. The molecule has 150 valence electrons. The largest absolute Gasteiger partial charge is 0.497 e. The predicted molar refractivity (Wildman–Crippen MR) is 103 cm³/mol. The Balaban J connectivity index is 2.32. The summed E-state index contributed by atoms with van der Waals surface area (Å²) in [7, 11) is 1.60. The molecule has 0 saturated carbocycles. The van der Waals surface area contributed by atoms with Gasteiger partial charge in [-0.05, 0) is 57.7 Å². The molecule has 1 aliphatic rings. The van der Waals surface area contributed by atoms with E-state index in [0.717, 1.165) is 11.3 Å². The quantitative estimate of drug-likeness (QED) is 0.847. The van der Waals surface area contributed by atoms with E-state index in [1.165, 1.54) is 0 Å². The maximum atomic E-state index is 12.5. The predicted octanol–water partition coefficient (Wildman–Crippen LogP) is 4.29. The fourth-order valence-corrected chi connectivity index (χ4v) is 3.84. The Morgan fingerprint density at radius 3 is 2.33 bits per heavy atom. The minimum absolute atomic E-state index is 0.182. The van der Waals surface area contributed by atoms with Crippen molar-refractivity contribution in [2.75, 3.05) is 20.2 Å². The molecule has 0 aromatic heterocycles. The van der Waals surface area contributed by atoms with Crippen molar-refractivity contribution in [2.24, 2.45) is 5.41 Å². The summed E-state index contributed by atoms with van der Waals surface area (Å²) in [6, 6.07) is 7.57. The molecule has 0 radical (unpaired) electrons. The molecule has 0 bridgehead atoms. The fourth-order valence-electron chi connectivity index (χ4n) is 3.84. The summed E-state index contributed by atoms with van der Waals surface area (Å²) in [4.78, 5) is 26.5. The van der Waals surface area contributed by atoms with E-state index in [1.807, 2.05) is 52.0 Å². The highest BCUT2D eigenvalue weighted by molar-refractivity contribution is 5.77. The van der Waals surface area contributed by atoms with Gasteiger partial charge in [-0.25, -0.2) is 4.79 Å². The molecule has 0 aliphatic carbocycles. The smallest absolute Gasteiger partial charge is 0.410 e. The number of likely N-dealkylation sites (tertiary alicyclic amines) is 1. The lowest BCUT2D eigenvalue weighted by Gasteiger charge is -2.35. The highest BCUT2D eigenvalue weighted by atomic mass is 16.6. The lowest BCUT2D eigenvalue weighted by molar-refractivity contribution is -0.151. The summed E-state index contributed by atoms with van der Waals surface area (Å²) in [6.07, 6.45) is 1.09. The van der Waals surface area contributed by atoms with Crippen LogP contribution in [0.15, 0.2) is 24.3 Å². The Hall–Kier alpha value is -2.24. The van der Waals surface area contributed by atoms with Crippen LogP contribution in [0.2, 0.25) is 0 Å². The van der Waals surface area contributed by atoms with Crippen LogP contribution in [0.5, 0.6) is 5.75 Å². The second-order valence-corrected chi connectivity index (χ2v) is 8.15. The van der Waals surface area contributed by atoms with Gasteiger partial charge >= 0.3 is 12.1 Å². The van der Waals surface area contributed by atoms with Crippen molar-refractivity contribution in [3.05, 3.63) is 29.8 Å². The van der Waals surface area contributed by atoms with Crippen LogP contribution >= 0.6 is 0 Å². The Kier molecular flexibility index (Phi) is 6.39. The minimum Gasteiger partial charge on any atom is -0.497 e. The van der Waals surface area contributed by atoms with Crippen molar-refractivity contribution in [1.29, 1.82) is 0 Å². The van der Waals surface area contributed by atoms with Gasteiger partial charge in [0.2, 0.25) is 0 Å². The Labute approximate surface area is 161 Å². The van der Waals surface area contributed by atoms with Gasteiger partial charge in [0, 0.05) is 19.0 Å². The number of nitrogens with zero attached hydrogens (tertiary/aromatic N) is 1. The van der Waals surface area contributed by atoms with E-state index in [-0.39, 0.29) is 12.0 Å². The zero-order valence-electron chi connectivity index (χ0n) is 16.9. The SMILES string of the molecule is CCC1(C(=O)O)CCN(C(=O)OC(C)(C)C)CCC1c1ccc(OC)cc1. The molecule has 1 N–H and O–H groups in total. The molecule has 0 spiro atoms. The van der Waals surface area contributed by atoms with E-state index in [2.05, 4.69) is 0 Å². The van der Waals surface area contributed by atoms with Gasteiger partial charge in [-0.2, -0.15) is 0 Å². The van der Waals surface area contributed by atoms with E-state index >= 15 is 0 Å². The first-order chi connectivity index (χ1) is 12.6. The van der Waals surface area contributed by atoms with Crippen LogP contribution < -0.4 is 4.74 Å². The molecule has 1 heterocycles. The zero-order valence-corrected chi connectivity index (χ0v) is 16.9. The third-order valence-corrected chi connectivity index (χ3v) is 5.41. The zero-order chi connectivity index (χ0) is 20.2. The van der Waals surface area contributed by atoms with E-state index in [9.17, 15) is 14.7 Å². The number of amides is 1. The molecule has 2 unspecified atom stereocenters. The van der Waals surface area contributed by atoms with Crippen LogP contribution in [0, 0.1) is 5.41 Å². The van der Waals surface area contributed by atoms with Crippen molar-refractivity contribution in [2.45, 2.75) is 58.5 Å². The van der Waals surface area contributed by atoms with E-state index in [1.54, 1.807) is 12.0 Å². The van der Waals surface area contributed by atoms with E-state index in [4.69, 9.17) is 9.47 Å². The number of ether oxygens (including phenoxy) is 2. The topological polar surface area (TPSA) is 76.1 Å². The van der Waals surface area contributed by atoms with Crippen molar-refractivity contribution < 1.29 is 24.2 Å². The molecule has 1 aromatic carbocycles. The van der Waals surface area contributed by atoms with Crippen LogP contribution in [0.4, 0.5) is 4.79 Å². The van der Waals surface area contributed by atoms with Crippen molar-refractivity contribution in [1.82, 2.24) is 4.90 Å². The van der Waals surface area contributed by atoms with Crippen LogP contribution in [-0.4, -0.2) is 47.9 Å². The molecule has 1 aliphatic heterocycles. The number of hydrogen-bond acceptors (Lipinski definition) is 4. The number of aliphatic carboxylic acids is 1. The first-order valence-electron chi connectivity index (χ1n) is 9.48. The Morgan fingerprint density at radius 2 is 1.85 bits per heavy atom. The molecule has 1 amide bonds. The summed E-state index contributed by atoms with van der Waals surface area (Å²) in [5.41, 5.74) is -0.523. The van der Waals surface area contributed by atoms with Gasteiger partial charge in [-0.3, -0.25) is 4.79 Å². The highest BCUT2D eigenvalue weighted by Gasteiger charge is 2.47. The third-order valence-electron chi connectivity index (χ3n) is 5.41. The van der Waals surface area contributed by atoms with E-state index < -0.39 is 17.0 Å². The van der Waals surface area contributed by atoms with Crippen LogP contribution in [-0.2, 0) is 9.53 Å². The summed E-state index contributed by atoms with van der Waals surface area (Å²) in [6.45, 7) is 8.25. The molecule has 1 fully saturated rings. The number of carbonyl (C=O) groups excluding carboxylic acids is 1. The molecule has 27 heavy (non-hydrogen) atoms. The number of benzene rings is 1. The van der Waals surface area contributed by atoms with Crippen LogP contribution in [0.25, 0.3) is 0 Å². The van der Waals surface area contributed by atoms with Crippen molar-refractivity contribution in [3.8, 4) is 5.75 Å². The number of carbonyl (C=O) groups is 2. The maximum absolute atomic E-state index is 12.5. The van der Waals surface area contributed by atoms with Crippen molar-refractivity contribution >= 4 is 12.1 Å². The molecular formula is C21H31NO5. The fraction of sp³-hybridized carbons (Fsp3) is 0.619. The summed E-state index contributed by atoms with van der Waals surface area (Å²) < 4.78 is 10.7. The summed E-state index contributed by atoms with van der Waals surface area (Å²) in [5.74, 6) is -0.254. The third kappa shape index (κ3) is 4.73. The Bertz CT molecular complexity index is 664. The first-order valence-corrected chi connectivity index (χ1v) is 9.48. The van der Waals surface area contributed by atoms with E-state index in [0.29, 0.717) is 32.4 Å². The number of methoxy groups -OCH3 is 1. The number of carboxylic acids is 1. The first kappa shape index (κ1) is 21.1. The normalized spacial score (nSPS) is 23.4. The highest BCUT2D eigenvalue weighted by Crippen LogP contribution is 2.46.